The minimum atomic E-state index is -0.259. The smallest absolute Gasteiger partial charge is 0.287 e. The van der Waals surface area contributed by atoms with Crippen molar-refractivity contribution < 1.29 is 14.0 Å². The molecule has 0 saturated carbocycles. The molecule has 0 fully saturated rings. The molecule has 3 aromatic rings. The maximum absolute atomic E-state index is 12.2. The number of furan rings is 1. The second-order valence-corrected chi connectivity index (χ2v) is 5.47. The van der Waals surface area contributed by atoms with Crippen LogP contribution in [0.4, 0.5) is 0 Å². The fourth-order valence-corrected chi connectivity index (χ4v) is 2.35. The van der Waals surface area contributed by atoms with Gasteiger partial charge in [0.05, 0.1) is 0 Å². The average molecular weight is 319 g/mol. The molecule has 4 nitrogen and oxygen atoms in total. The predicted octanol–water partition coefficient (Wildman–Crippen LogP) is 4.08. The van der Waals surface area contributed by atoms with Crippen LogP contribution in [0.5, 0.6) is 0 Å². The molecule has 0 aliphatic rings. The first-order valence-corrected chi connectivity index (χ1v) is 7.67. The summed E-state index contributed by atoms with van der Waals surface area (Å²) in [6.07, 6.45) is 0. The quantitative estimate of drug-likeness (QED) is 0.721. The molecule has 0 atom stereocenters. The Bertz CT molecular complexity index is 848. The highest BCUT2D eigenvalue weighted by molar-refractivity contribution is 5.94. The minimum absolute atomic E-state index is 0.0157. The van der Waals surface area contributed by atoms with Gasteiger partial charge in [0.15, 0.2) is 11.5 Å². The summed E-state index contributed by atoms with van der Waals surface area (Å²) in [5.41, 5.74) is 2.49. The van der Waals surface area contributed by atoms with E-state index < -0.39 is 0 Å². The van der Waals surface area contributed by atoms with Gasteiger partial charge in [-0.1, -0.05) is 54.6 Å². The Labute approximate surface area is 140 Å². The van der Waals surface area contributed by atoms with Crippen molar-refractivity contribution in [2.75, 3.05) is 0 Å². The van der Waals surface area contributed by atoms with Gasteiger partial charge >= 0.3 is 0 Å². The van der Waals surface area contributed by atoms with Crippen molar-refractivity contribution in [2.45, 2.75) is 13.5 Å². The second-order valence-electron chi connectivity index (χ2n) is 5.47. The molecule has 1 N–H and O–H groups in total. The number of rotatable bonds is 5. The van der Waals surface area contributed by atoms with Crippen LogP contribution in [0.3, 0.4) is 0 Å². The summed E-state index contributed by atoms with van der Waals surface area (Å²) in [6.45, 7) is 1.97. The third-order valence-electron chi connectivity index (χ3n) is 3.70. The fraction of sp³-hybridized carbons (Fsp3) is 0.100. The number of nitrogens with one attached hydrogen (secondary N) is 1. The van der Waals surface area contributed by atoms with Gasteiger partial charge in [-0.25, -0.2) is 0 Å². The van der Waals surface area contributed by atoms with E-state index in [1.807, 2.05) is 30.3 Å². The number of carbonyl (C=O) groups is 2. The lowest BCUT2D eigenvalue weighted by Gasteiger charge is -2.03. The zero-order valence-electron chi connectivity index (χ0n) is 13.3. The Morgan fingerprint density at radius 1 is 0.917 bits per heavy atom. The van der Waals surface area contributed by atoms with Crippen molar-refractivity contribution in [2.24, 2.45) is 0 Å². The van der Waals surface area contributed by atoms with E-state index in [-0.39, 0.29) is 17.5 Å². The van der Waals surface area contributed by atoms with E-state index in [4.69, 9.17) is 4.42 Å². The first kappa shape index (κ1) is 15.7. The van der Waals surface area contributed by atoms with Gasteiger partial charge in [-0.05, 0) is 24.6 Å². The molecule has 0 aliphatic carbocycles. The van der Waals surface area contributed by atoms with Gasteiger partial charge in [-0.15, -0.1) is 0 Å². The molecule has 2 aromatic carbocycles. The molecule has 1 heterocycles. The van der Waals surface area contributed by atoms with Crippen LogP contribution in [0.15, 0.2) is 71.1 Å². The topological polar surface area (TPSA) is 59.3 Å². The summed E-state index contributed by atoms with van der Waals surface area (Å²) in [4.78, 5) is 23.5. The minimum Gasteiger partial charge on any atom is -0.451 e. The van der Waals surface area contributed by atoms with Crippen LogP contribution in [0.25, 0.3) is 11.3 Å². The molecule has 0 saturated heterocycles. The number of hydrogen-bond acceptors (Lipinski definition) is 3. The van der Waals surface area contributed by atoms with Crippen LogP contribution in [-0.2, 0) is 6.54 Å². The van der Waals surface area contributed by atoms with Gasteiger partial charge in [-0.3, -0.25) is 9.59 Å². The number of amides is 1. The normalized spacial score (nSPS) is 10.4. The van der Waals surface area contributed by atoms with Crippen LogP contribution >= 0.6 is 0 Å². The summed E-state index contributed by atoms with van der Waals surface area (Å²) in [6, 6.07) is 20.2. The summed E-state index contributed by atoms with van der Waals surface area (Å²) in [7, 11) is 0. The van der Waals surface area contributed by atoms with E-state index in [1.165, 1.54) is 6.92 Å². The average Bonchev–Trinajstić information content (AvgIpc) is 3.11. The molecule has 120 valence electrons. The molecule has 1 aromatic heterocycles. The van der Waals surface area contributed by atoms with E-state index in [2.05, 4.69) is 5.32 Å². The van der Waals surface area contributed by atoms with Crippen LogP contribution < -0.4 is 5.32 Å². The van der Waals surface area contributed by atoms with E-state index in [0.29, 0.717) is 17.9 Å². The zero-order valence-corrected chi connectivity index (χ0v) is 13.3. The summed E-state index contributed by atoms with van der Waals surface area (Å²) in [5, 5.41) is 2.83. The summed E-state index contributed by atoms with van der Waals surface area (Å²) in [5.74, 6) is 0.610. The highest BCUT2D eigenvalue weighted by Crippen LogP contribution is 2.22. The van der Waals surface area contributed by atoms with Gasteiger partial charge in [0.25, 0.3) is 5.91 Å². The standard InChI is InChI=1S/C20H17NO3/c1-14(22)16-7-9-17(10-8-16)18-11-12-19(24-18)20(23)21-13-15-5-3-2-4-6-15/h2-12H,13H2,1H3,(H,21,23). The zero-order chi connectivity index (χ0) is 16.9. The predicted molar refractivity (Wildman–Crippen MR) is 91.8 cm³/mol. The molecular weight excluding hydrogens is 302 g/mol. The van der Waals surface area contributed by atoms with Gasteiger partial charge in [0, 0.05) is 17.7 Å². The Morgan fingerprint density at radius 2 is 1.62 bits per heavy atom. The summed E-state index contributed by atoms with van der Waals surface area (Å²) >= 11 is 0. The Kier molecular flexibility index (Phi) is 4.57. The Hall–Kier alpha value is -3.14. The van der Waals surface area contributed by atoms with Gasteiger partial charge < -0.3 is 9.73 Å². The maximum atomic E-state index is 12.2. The largest absolute Gasteiger partial charge is 0.451 e. The van der Waals surface area contributed by atoms with Gasteiger partial charge in [0.1, 0.15) is 5.76 Å². The van der Waals surface area contributed by atoms with Crippen molar-refractivity contribution in [1.82, 2.24) is 5.32 Å². The van der Waals surface area contributed by atoms with Gasteiger partial charge in [-0.2, -0.15) is 0 Å². The molecule has 3 rings (SSSR count). The number of Topliss-reactive ketones (excluding diaryl/α,β-unsaturated/α-hetero) is 1. The van der Waals surface area contributed by atoms with Crippen LogP contribution in [0.1, 0.15) is 33.4 Å². The number of carbonyl (C=O) groups excluding carboxylic acids is 2. The van der Waals surface area contributed by atoms with E-state index >= 15 is 0 Å². The maximum Gasteiger partial charge on any atom is 0.287 e. The lowest BCUT2D eigenvalue weighted by Crippen LogP contribution is -2.22. The fourth-order valence-electron chi connectivity index (χ4n) is 2.35. The number of hydrogen-bond donors (Lipinski definition) is 1. The van der Waals surface area contributed by atoms with Gasteiger partial charge in [0.2, 0.25) is 0 Å². The lowest BCUT2D eigenvalue weighted by atomic mass is 10.1. The lowest BCUT2D eigenvalue weighted by molar-refractivity contribution is 0.0923. The Balaban J connectivity index is 1.68. The number of benzene rings is 2. The molecule has 24 heavy (non-hydrogen) atoms. The van der Waals surface area contributed by atoms with Crippen LogP contribution in [0.2, 0.25) is 0 Å². The highest BCUT2D eigenvalue weighted by Gasteiger charge is 2.12. The van der Waals surface area contributed by atoms with Crippen LogP contribution in [-0.4, -0.2) is 11.7 Å². The third-order valence-corrected chi connectivity index (χ3v) is 3.70. The molecule has 1 amide bonds. The van der Waals surface area contributed by atoms with Crippen molar-refractivity contribution >= 4 is 11.7 Å². The van der Waals surface area contributed by atoms with E-state index in [9.17, 15) is 9.59 Å². The first-order chi connectivity index (χ1) is 11.6. The first-order valence-electron chi connectivity index (χ1n) is 7.67. The molecule has 0 bridgehead atoms. The molecule has 0 unspecified atom stereocenters. The SMILES string of the molecule is CC(=O)c1ccc(-c2ccc(C(=O)NCc3ccccc3)o2)cc1. The molecule has 0 radical (unpaired) electrons. The van der Waals surface area contributed by atoms with Crippen molar-refractivity contribution in [3.63, 3.8) is 0 Å². The third kappa shape index (κ3) is 3.60. The number of ketones is 1. The second kappa shape index (κ2) is 6.96. The van der Waals surface area contributed by atoms with Crippen molar-refractivity contribution in [3.8, 4) is 11.3 Å². The molecule has 0 aliphatic heterocycles. The highest BCUT2D eigenvalue weighted by atomic mass is 16.3. The van der Waals surface area contributed by atoms with E-state index in [0.717, 1.165) is 11.1 Å². The van der Waals surface area contributed by atoms with Crippen molar-refractivity contribution in [3.05, 3.63) is 83.6 Å². The monoisotopic (exact) mass is 319 g/mol. The molecule has 4 heteroatoms. The van der Waals surface area contributed by atoms with E-state index in [1.54, 1.807) is 36.4 Å². The van der Waals surface area contributed by atoms with Crippen molar-refractivity contribution in [1.29, 1.82) is 0 Å². The summed E-state index contributed by atoms with van der Waals surface area (Å²) < 4.78 is 5.62. The Morgan fingerprint density at radius 3 is 2.29 bits per heavy atom. The van der Waals surface area contributed by atoms with Crippen LogP contribution in [0, 0.1) is 0 Å². The molecule has 0 spiro atoms. The molecular formula is C20H17NO3.